The van der Waals surface area contributed by atoms with Gasteiger partial charge in [0, 0.05) is 6.54 Å². The van der Waals surface area contributed by atoms with Crippen molar-refractivity contribution >= 4 is 5.97 Å². The van der Waals surface area contributed by atoms with Crippen LogP contribution in [-0.2, 0) is 11.3 Å². The van der Waals surface area contributed by atoms with E-state index in [0.29, 0.717) is 5.56 Å². The van der Waals surface area contributed by atoms with Gasteiger partial charge in [0.1, 0.15) is 0 Å². The number of hydrogen-bond acceptors (Lipinski definition) is 3. The third-order valence-corrected chi connectivity index (χ3v) is 3.22. The maximum atomic E-state index is 11.3. The molecule has 0 spiro atoms. The van der Waals surface area contributed by atoms with Crippen LogP contribution in [0, 0.1) is 0 Å². The Morgan fingerprint density at radius 3 is 2.42 bits per heavy atom. The number of benzene rings is 1. The van der Waals surface area contributed by atoms with E-state index in [2.05, 4.69) is 23.6 Å². The molecule has 0 radical (unpaired) electrons. The molecule has 1 aromatic rings. The van der Waals surface area contributed by atoms with Crippen LogP contribution >= 0.6 is 0 Å². The van der Waals surface area contributed by atoms with Gasteiger partial charge in [-0.15, -0.1) is 0 Å². The third-order valence-electron chi connectivity index (χ3n) is 3.22. The van der Waals surface area contributed by atoms with Gasteiger partial charge in [-0.3, -0.25) is 0 Å². The van der Waals surface area contributed by atoms with Gasteiger partial charge < -0.3 is 9.64 Å². The van der Waals surface area contributed by atoms with Gasteiger partial charge in [-0.1, -0.05) is 38.3 Å². The van der Waals surface area contributed by atoms with Crippen LogP contribution in [0.25, 0.3) is 0 Å². The highest BCUT2D eigenvalue weighted by Gasteiger charge is 2.05. The smallest absolute Gasteiger partial charge is 0.337 e. The number of nitrogens with zero attached hydrogens (tertiary/aromatic N) is 1. The SMILES string of the molecule is CCCCCCN(C)Cc1ccc(C(=O)OC)cc1. The Labute approximate surface area is 116 Å². The summed E-state index contributed by atoms with van der Waals surface area (Å²) in [6.45, 7) is 4.28. The van der Waals surface area contributed by atoms with Crippen LogP contribution in [0.5, 0.6) is 0 Å². The summed E-state index contributed by atoms with van der Waals surface area (Å²) in [6.07, 6.45) is 5.16. The molecule has 0 saturated heterocycles. The first-order chi connectivity index (χ1) is 9.17. The van der Waals surface area contributed by atoms with Crippen molar-refractivity contribution in [3.63, 3.8) is 0 Å². The average molecular weight is 263 g/mol. The van der Waals surface area contributed by atoms with Crippen LogP contribution in [0.1, 0.15) is 48.5 Å². The van der Waals surface area contributed by atoms with Crippen LogP contribution in [0.4, 0.5) is 0 Å². The van der Waals surface area contributed by atoms with E-state index in [0.717, 1.165) is 13.1 Å². The molecule has 0 amide bonds. The molecular weight excluding hydrogens is 238 g/mol. The lowest BCUT2D eigenvalue weighted by Gasteiger charge is -2.16. The van der Waals surface area contributed by atoms with E-state index in [1.54, 1.807) is 0 Å². The minimum Gasteiger partial charge on any atom is -0.465 e. The molecule has 0 aliphatic rings. The van der Waals surface area contributed by atoms with E-state index in [9.17, 15) is 4.79 Å². The second-order valence-corrected chi connectivity index (χ2v) is 4.99. The zero-order valence-corrected chi connectivity index (χ0v) is 12.3. The molecule has 3 nitrogen and oxygen atoms in total. The molecule has 0 heterocycles. The summed E-state index contributed by atoms with van der Waals surface area (Å²) in [7, 11) is 3.54. The van der Waals surface area contributed by atoms with Gasteiger partial charge in [0.2, 0.25) is 0 Å². The summed E-state index contributed by atoms with van der Waals surface area (Å²) in [5, 5.41) is 0. The average Bonchev–Trinajstić information content (AvgIpc) is 2.43. The second kappa shape index (κ2) is 8.70. The summed E-state index contributed by atoms with van der Waals surface area (Å²) in [5.74, 6) is -0.278. The molecule has 3 heteroatoms. The maximum absolute atomic E-state index is 11.3. The number of rotatable bonds is 8. The molecule has 0 fully saturated rings. The predicted octanol–water partition coefficient (Wildman–Crippen LogP) is 3.49. The van der Waals surface area contributed by atoms with Gasteiger partial charge >= 0.3 is 5.97 Å². The Kier molecular flexibility index (Phi) is 7.19. The fourth-order valence-electron chi connectivity index (χ4n) is 2.06. The number of hydrogen-bond donors (Lipinski definition) is 0. The molecule has 1 rings (SSSR count). The fraction of sp³-hybridized carbons (Fsp3) is 0.562. The maximum Gasteiger partial charge on any atom is 0.337 e. The standard InChI is InChI=1S/C16H25NO2/c1-4-5-6-7-12-17(2)13-14-8-10-15(11-9-14)16(18)19-3/h8-11H,4-7,12-13H2,1-3H3. The number of ether oxygens (including phenoxy) is 1. The first kappa shape index (κ1) is 15.7. The van der Waals surface area contributed by atoms with Crippen LogP contribution < -0.4 is 0 Å². The van der Waals surface area contributed by atoms with Crippen LogP contribution in [0.15, 0.2) is 24.3 Å². The van der Waals surface area contributed by atoms with Crippen molar-refractivity contribution in [2.45, 2.75) is 39.2 Å². The molecule has 0 aliphatic carbocycles. The Hall–Kier alpha value is -1.35. The molecule has 0 bridgehead atoms. The lowest BCUT2D eigenvalue weighted by atomic mass is 10.1. The van der Waals surface area contributed by atoms with E-state index in [1.807, 2.05) is 24.3 Å². The van der Waals surface area contributed by atoms with Crippen molar-refractivity contribution in [3.8, 4) is 0 Å². The highest BCUT2D eigenvalue weighted by atomic mass is 16.5. The Balaban J connectivity index is 2.38. The summed E-state index contributed by atoms with van der Waals surface area (Å²) < 4.78 is 4.68. The molecule has 0 saturated carbocycles. The van der Waals surface area contributed by atoms with Crippen molar-refractivity contribution in [3.05, 3.63) is 35.4 Å². The Morgan fingerprint density at radius 2 is 1.84 bits per heavy atom. The lowest BCUT2D eigenvalue weighted by molar-refractivity contribution is 0.0600. The topological polar surface area (TPSA) is 29.5 Å². The van der Waals surface area contributed by atoms with Crippen LogP contribution in [0.3, 0.4) is 0 Å². The molecule has 0 N–H and O–H groups in total. The van der Waals surface area contributed by atoms with Crippen molar-refractivity contribution in [2.24, 2.45) is 0 Å². The minimum atomic E-state index is -0.278. The zero-order valence-electron chi connectivity index (χ0n) is 12.3. The number of esters is 1. The highest BCUT2D eigenvalue weighted by molar-refractivity contribution is 5.89. The minimum absolute atomic E-state index is 0.278. The van der Waals surface area contributed by atoms with E-state index in [1.165, 1.54) is 38.4 Å². The van der Waals surface area contributed by atoms with Crippen molar-refractivity contribution in [1.82, 2.24) is 4.90 Å². The quantitative estimate of drug-likeness (QED) is 0.531. The van der Waals surface area contributed by atoms with Gasteiger partial charge in [0.15, 0.2) is 0 Å². The molecule has 0 atom stereocenters. The monoisotopic (exact) mass is 263 g/mol. The highest BCUT2D eigenvalue weighted by Crippen LogP contribution is 2.09. The van der Waals surface area contributed by atoms with E-state index in [4.69, 9.17) is 0 Å². The summed E-state index contributed by atoms with van der Waals surface area (Å²) in [6, 6.07) is 7.64. The lowest BCUT2D eigenvalue weighted by Crippen LogP contribution is -2.19. The molecule has 19 heavy (non-hydrogen) atoms. The predicted molar refractivity (Wildman–Crippen MR) is 78.3 cm³/mol. The van der Waals surface area contributed by atoms with Gasteiger partial charge in [-0.05, 0) is 37.7 Å². The third kappa shape index (κ3) is 5.88. The Morgan fingerprint density at radius 1 is 1.16 bits per heavy atom. The molecule has 0 unspecified atom stereocenters. The van der Waals surface area contributed by atoms with Gasteiger partial charge in [-0.25, -0.2) is 4.79 Å². The summed E-state index contributed by atoms with van der Waals surface area (Å²) >= 11 is 0. The molecule has 0 aliphatic heterocycles. The van der Waals surface area contributed by atoms with E-state index >= 15 is 0 Å². The van der Waals surface area contributed by atoms with Crippen molar-refractivity contribution in [1.29, 1.82) is 0 Å². The van der Waals surface area contributed by atoms with Crippen molar-refractivity contribution < 1.29 is 9.53 Å². The Bertz CT molecular complexity index is 373. The number of unbranched alkanes of at least 4 members (excludes halogenated alkanes) is 3. The normalized spacial score (nSPS) is 10.7. The van der Waals surface area contributed by atoms with Crippen LogP contribution in [-0.4, -0.2) is 31.6 Å². The number of methoxy groups -OCH3 is 1. The first-order valence-electron chi connectivity index (χ1n) is 7.03. The molecular formula is C16H25NO2. The zero-order chi connectivity index (χ0) is 14.1. The molecule has 1 aromatic carbocycles. The van der Waals surface area contributed by atoms with Crippen LogP contribution in [0.2, 0.25) is 0 Å². The van der Waals surface area contributed by atoms with Crippen molar-refractivity contribution in [2.75, 3.05) is 20.7 Å². The summed E-state index contributed by atoms with van der Waals surface area (Å²) in [5.41, 5.74) is 1.84. The molecule has 106 valence electrons. The number of carbonyl (C=O) groups excluding carboxylic acids is 1. The summed E-state index contributed by atoms with van der Waals surface area (Å²) in [4.78, 5) is 13.6. The molecule has 0 aromatic heterocycles. The second-order valence-electron chi connectivity index (χ2n) is 4.99. The van der Waals surface area contributed by atoms with Gasteiger partial charge in [0.05, 0.1) is 12.7 Å². The van der Waals surface area contributed by atoms with E-state index in [-0.39, 0.29) is 5.97 Å². The number of carbonyl (C=O) groups is 1. The van der Waals surface area contributed by atoms with Gasteiger partial charge in [-0.2, -0.15) is 0 Å². The van der Waals surface area contributed by atoms with E-state index < -0.39 is 0 Å². The fourth-order valence-corrected chi connectivity index (χ4v) is 2.06. The largest absolute Gasteiger partial charge is 0.465 e. The van der Waals surface area contributed by atoms with Gasteiger partial charge in [0.25, 0.3) is 0 Å². The first-order valence-corrected chi connectivity index (χ1v) is 7.03.